The van der Waals surface area contributed by atoms with Crippen LogP contribution in [-0.2, 0) is 84.2 Å². The fourth-order valence-electron chi connectivity index (χ4n) is 10.3. The second kappa shape index (κ2) is 22.0. The minimum Gasteiger partial charge on any atom is -0.458 e. The molecule has 5 aliphatic rings. The highest BCUT2D eigenvalue weighted by Crippen LogP contribution is 2.47. The van der Waals surface area contributed by atoms with Crippen LogP contribution in [0.4, 0.5) is 4.39 Å². The number of aliphatic hydroxyl groups is 1. The molecule has 23 heteroatoms. The van der Waals surface area contributed by atoms with Crippen molar-refractivity contribution in [2.24, 2.45) is 11.8 Å². The van der Waals surface area contributed by atoms with Crippen LogP contribution >= 0.6 is 0 Å². The smallest absolute Gasteiger partial charge is 0.343 e. The van der Waals surface area contributed by atoms with E-state index >= 15 is 4.39 Å². The first-order chi connectivity index (χ1) is 36.4. The molecule has 3 aliphatic heterocycles. The second-order valence-corrected chi connectivity index (χ2v) is 19.4. The molecule has 22 nitrogen and oxygen atoms in total. The Labute approximate surface area is 433 Å². The average molecular weight is 1050 g/mol. The molecule has 5 heterocycles. The fraction of sp³-hybridized carbons (Fsp3) is 0.415. The number of aromatic nitrogens is 2. The van der Waals surface area contributed by atoms with Crippen molar-refractivity contribution in [2.75, 3.05) is 45.9 Å². The van der Waals surface area contributed by atoms with Crippen LogP contribution in [0.2, 0.25) is 0 Å². The molecule has 9 rings (SSSR count). The summed E-state index contributed by atoms with van der Waals surface area (Å²) < 4.78 is 27.5. The van der Waals surface area contributed by atoms with Gasteiger partial charge >= 0.3 is 5.97 Å². The Kier molecular flexibility index (Phi) is 15.2. The number of rotatable bonds is 21. The minimum absolute atomic E-state index is 0.0243. The molecule has 7 N–H and O–H groups in total. The Morgan fingerprint density at radius 2 is 1.61 bits per heavy atom. The monoisotopic (exact) mass is 1050 g/mol. The zero-order chi connectivity index (χ0) is 54.0. The molecule has 0 radical (unpaired) electrons. The number of pyridine rings is 2. The van der Waals surface area contributed by atoms with Crippen molar-refractivity contribution in [3.63, 3.8) is 0 Å². The Morgan fingerprint density at radius 3 is 2.36 bits per heavy atom. The number of cyclic esters (lactones) is 1. The van der Waals surface area contributed by atoms with Crippen LogP contribution in [0.5, 0.6) is 0 Å². The molecule has 2 aromatic heterocycles. The van der Waals surface area contributed by atoms with Gasteiger partial charge in [0.2, 0.25) is 35.4 Å². The summed E-state index contributed by atoms with van der Waals surface area (Å²) in [6.45, 7) is 1.82. The van der Waals surface area contributed by atoms with Gasteiger partial charge in [-0.1, -0.05) is 37.3 Å². The number of nitrogens with one attached hydrogen (secondary N) is 6. The van der Waals surface area contributed by atoms with Crippen molar-refractivity contribution in [1.29, 1.82) is 0 Å². The van der Waals surface area contributed by atoms with E-state index in [-0.39, 0.29) is 81.7 Å². The van der Waals surface area contributed by atoms with E-state index in [1.165, 1.54) is 10.6 Å². The number of carbonyl (C=O) groups excluding carboxylic acids is 9. The second-order valence-electron chi connectivity index (χ2n) is 19.4. The Bertz CT molecular complexity index is 3180. The highest BCUT2D eigenvalue weighted by molar-refractivity contribution is 6.12. The molecule has 398 valence electrons. The van der Waals surface area contributed by atoms with E-state index in [1.807, 2.05) is 0 Å². The Hall–Kier alpha value is -8.18. The summed E-state index contributed by atoms with van der Waals surface area (Å²) in [4.78, 5) is 134. The number of imide groups is 1. The Morgan fingerprint density at radius 1 is 0.895 bits per heavy atom. The van der Waals surface area contributed by atoms with Gasteiger partial charge in [0.1, 0.15) is 18.5 Å². The van der Waals surface area contributed by atoms with Gasteiger partial charge in [0.05, 0.1) is 74.4 Å². The first kappa shape index (κ1) is 52.7. The van der Waals surface area contributed by atoms with Gasteiger partial charge in [-0.3, -0.25) is 48.1 Å². The Balaban J connectivity index is 0.757. The maximum atomic E-state index is 15.4. The summed E-state index contributed by atoms with van der Waals surface area (Å²) in [6.07, 6.45) is 3.56. The van der Waals surface area contributed by atoms with Gasteiger partial charge in [-0.2, -0.15) is 0 Å². The third kappa shape index (κ3) is 10.8. The van der Waals surface area contributed by atoms with E-state index in [9.17, 15) is 53.1 Å². The van der Waals surface area contributed by atoms with Crippen LogP contribution < -0.4 is 37.5 Å². The maximum Gasteiger partial charge on any atom is 0.343 e. The van der Waals surface area contributed by atoms with Gasteiger partial charge in [0, 0.05) is 60.0 Å². The number of carbonyl (C=O) groups is 9. The van der Waals surface area contributed by atoms with Gasteiger partial charge in [-0.25, -0.2) is 14.2 Å². The molecule has 1 saturated carbocycles. The maximum absolute atomic E-state index is 15.4. The number of amides is 8. The average Bonchev–Trinajstić information content (AvgIpc) is 4.03. The predicted molar refractivity (Wildman–Crippen MR) is 265 cm³/mol. The van der Waals surface area contributed by atoms with E-state index in [0.29, 0.717) is 58.2 Å². The number of hydrogen-bond acceptors (Lipinski definition) is 14. The number of nitrogens with zero attached hydrogens (tertiary/aromatic N) is 3. The molecule has 1 fully saturated rings. The SMILES string of the molecule is CC[C@@]1(O)C(=O)OCc2c1cc1n(c2=O)Cc2c-1nc1cc(F)c(C)c3c1c2[C@@H](NC(=O)C1CC1CNC(=O)CNC(=O)[C@H](Cc1ccccc1)NC(=O)CNC(=O)CNC(=O)CCOCCN1C(=O)C=CC1=O)CC3. The lowest BCUT2D eigenvalue weighted by Gasteiger charge is -2.31. The lowest BCUT2D eigenvalue weighted by atomic mass is 9.81. The number of halogens is 1. The van der Waals surface area contributed by atoms with Gasteiger partial charge in [-0.15, -0.1) is 0 Å². The van der Waals surface area contributed by atoms with Crippen molar-refractivity contribution in [1.82, 2.24) is 46.4 Å². The molecule has 5 atom stereocenters. The largest absolute Gasteiger partial charge is 0.458 e. The summed E-state index contributed by atoms with van der Waals surface area (Å²) >= 11 is 0. The molecule has 8 amide bonds. The zero-order valence-electron chi connectivity index (χ0n) is 41.7. The van der Waals surface area contributed by atoms with Gasteiger partial charge in [-0.05, 0) is 66.8 Å². The van der Waals surface area contributed by atoms with Gasteiger partial charge in [0.25, 0.3) is 17.4 Å². The zero-order valence-corrected chi connectivity index (χ0v) is 41.7. The number of esters is 1. The molecular weight excluding hydrogens is 990 g/mol. The summed E-state index contributed by atoms with van der Waals surface area (Å²) in [5.41, 5.74) is 2.21. The summed E-state index contributed by atoms with van der Waals surface area (Å²) in [6, 6.07) is 10.0. The molecule has 0 spiro atoms. The van der Waals surface area contributed by atoms with Gasteiger partial charge in [0.15, 0.2) is 5.60 Å². The number of aryl methyl sites for hydroxylation is 1. The van der Waals surface area contributed by atoms with Gasteiger partial charge < -0.3 is 51.0 Å². The lowest BCUT2D eigenvalue weighted by Crippen LogP contribution is -2.52. The third-order valence-corrected chi connectivity index (χ3v) is 14.6. The topological polar surface area (TPSA) is 303 Å². The highest BCUT2D eigenvalue weighted by atomic mass is 19.1. The van der Waals surface area contributed by atoms with Crippen molar-refractivity contribution >= 4 is 64.1 Å². The predicted octanol–water partition coefficient (Wildman–Crippen LogP) is -0.209. The highest BCUT2D eigenvalue weighted by Gasteiger charge is 2.47. The summed E-state index contributed by atoms with van der Waals surface area (Å²) in [7, 11) is 0. The molecule has 2 aliphatic carbocycles. The van der Waals surface area contributed by atoms with Crippen LogP contribution in [0, 0.1) is 24.6 Å². The van der Waals surface area contributed by atoms with Crippen LogP contribution in [0.25, 0.3) is 22.3 Å². The van der Waals surface area contributed by atoms with E-state index in [4.69, 9.17) is 14.5 Å². The third-order valence-electron chi connectivity index (χ3n) is 14.6. The summed E-state index contributed by atoms with van der Waals surface area (Å²) in [5.74, 6) is -6.24. The normalized spacial score (nSPS) is 20.0. The molecule has 2 aromatic carbocycles. The van der Waals surface area contributed by atoms with E-state index in [0.717, 1.165) is 28.2 Å². The lowest BCUT2D eigenvalue weighted by molar-refractivity contribution is -0.172. The fourth-order valence-corrected chi connectivity index (χ4v) is 10.3. The van der Waals surface area contributed by atoms with Crippen LogP contribution in [0.3, 0.4) is 0 Å². The molecule has 4 aromatic rings. The quantitative estimate of drug-likeness (QED) is 0.0285. The molecule has 0 saturated heterocycles. The van der Waals surface area contributed by atoms with Crippen LogP contribution in [-0.4, -0.2) is 125 Å². The van der Waals surface area contributed by atoms with Crippen molar-refractivity contribution in [3.8, 4) is 11.4 Å². The van der Waals surface area contributed by atoms with Crippen LogP contribution in [0.1, 0.15) is 77.6 Å². The van der Waals surface area contributed by atoms with Crippen molar-refractivity contribution < 1.29 is 62.1 Å². The molecule has 0 bridgehead atoms. The molecule has 2 unspecified atom stereocenters. The van der Waals surface area contributed by atoms with Crippen LogP contribution in [0.15, 0.2) is 59.4 Å². The first-order valence-electron chi connectivity index (χ1n) is 25.1. The number of benzene rings is 2. The molecular formula is C53H56FN9O13. The summed E-state index contributed by atoms with van der Waals surface area (Å²) in [5, 5.41) is 28.0. The first-order valence-corrected chi connectivity index (χ1v) is 25.1. The molecule has 76 heavy (non-hydrogen) atoms. The van der Waals surface area contributed by atoms with Crippen molar-refractivity contribution in [2.45, 2.75) is 83.2 Å². The number of ether oxygens (including phenoxy) is 2. The van der Waals surface area contributed by atoms with E-state index in [1.54, 1.807) is 50.2 Å². The number of hydrogen-bond donors (Lipinski definition) is 7. The van der Waals surface area contributed by atoms with Crippen molar-refractivity contribution in [3.05, 3.63) is 110 Å². The standard InChI is InChI=1S/C53H56FN9O13/c1-3-53(74)34-19-39-48-32(25-63(39)51(72)33(34)26-76-52(53)73)47-36(10-9-30-27(2)35(54)20-37(60-48)46(30)47)61-49(70)31-18-29(31)21-55-42(66)23-58-50(71)38(17-28-7-5-4-6-8-28)59-43(67)24-57-41(65)22-56-40(64)13-15-75-16-14-62-44(68)11-12-45(62)69/h4-8,11-12,19-20,29,31,36,38,74H,3,9-10,13-18,21-26H2,1-2H3,(H,55,66)(H,56,64)(H,57,65)(H,58,71)(H,59,67)(H,61,70)/t29?,31?,36-,38-,53-/m0/s1. The minimum atomic E-state index is -2.04. The van der Waals surface area contributed by atoms with E-state index in [2.05, 4.69) is 31.9 Å². The number of fused-ring (bicyclic) bond motifs is 5. The van der Waals surface area contributed by atoms with E-state index < -0.39 is 102 Å².